The van der Waals surface area contributed by atoms with Gasteiger partial charge in [-0.15, -0.1) is 0 Å². The minimum absolute atomic E-state index is 0.173. The minimum Gasteiger partial charge on any atom is -0.466 e. The maximum atomic E-state index is 12.4. The fourth-order valence-electron chi connectivity index (χ4n) is 2.74. The molecule has 2 aliphatic heterocycles. The molecule has 0 aromatic heterocycles. The van der Waals surface area contributed by atoms with E-state index in [0.29, 0.717) is 0 Å². The first-order valence-corrected chi connectivity index (χ1v) is 8.24. The Morgan fingerprint density at radius 3 is 2.28 bits per heavy atom. The van der Waals surface area contributed by atoms with Crippen LogP contribution in [0.3, 0.4) is 0 Å². The highest BCUT2D eigenvalue weighted by Crippen LogP contribution is 2.39. The monoisotopic (exact) mass is 360 g/mol. The molecule has 9 heteroatoms. The van der Waals surface area contributed by atoms with Gasteiger partial charge in [-0.05, 0) is 27.7 Å². The number of hydrogen-bond donors (Lipinski definition) is 0. The van der Waals surface area contributed by atoms with Crippen LogP contribution in [0.5, 0.6) is 0 Å². The van der Waals surface area contributed by atoms with E-state index in [1.54, 1.807) is 27.7 Å². The van der Waals surface area contributed by atoms with Gasteiger partial charge in [-0.1, -0.05) is 0 Å². The molecule has 0 aliphatic carbocycles. The predicted molar refractivity (Wildman–Crippen MR) is 81.3 cm³/mol. The molecule has 9 nitrogen and oxygen atoms in total. The van der Waals surface area contributed by atoms with Crippen molar-refractivity contribution in [1.29, 1.82) is 0 Å². The summed E-state index contributed by atoms with van der Waals surface area (Å²) in [4.78, 5) is 35.5. The molecular weight excluding hydrogens is 336 g/mol. The zero-order chi connectivity index (χ0) is 18.6. The van der Waals surface area contributed by atoms with Gasteiger partial charge in [0.2, 0.25) is 0 Å². The van der Waals surface area contributed by atoms with E-state index in [2.05, 4.69) is 0 Å². The van der Waals surface area contributed by atoms with Crippen molar-refractivity contribution in [3.8, 4) is 0 Å². The number of Topliss-reactive ketones (excluding diaryl/α,β-unsaturated/α-hetero) is 1. The van der Waals surface area contributed by atoms with Crippen molar-refractivity contribution < 1.29 is 42.8 Å². The average molecular weight is 360 g/mol. The van der Waals surface area contributed by atoms with Gasteiger partial charge in [0, 0.05) is 0 Å². The Balaban J connectivity index is 2.05. The largest absolute Gasteiger partial charge is 0.466 e. The van der Waals surface area contributed by atoms with Crippen molar-refractivity contribution in [1.82, 2.24) is 0 Å². The molecule has 142 valence electrons. The third-order valence-corrected chi connectivity index (χ3v) is 3.63. The second-order valence-corrected chi connectivity index (χ2v) is 6.05. The van der Waals surface area contributed by atoms with E-state index >= 15 is 0 Å². The number of hydrogen-bond acceptors (Lipinski definition) is 9. The van der Waals surface area contributed by atoms with Gasteiger partial charge in [0.1, 0.15) is 31.3 Å². The van der Waals surface area contributed by atoms with E-state index in [9.17, 15) is 14.4 Å². The number of esters is 2. The Morgan fingerprint density at radius 2 is 1.64 bits per heavy atom. The molecule has 4 atom stereocenters. The molecule has 0 unspecified atom stereocenters. The van der Waals surface area contributed by atoms with Crippen LogP contribution in [0.4, 0.5) is 0 Å². The van der Waals surface area contributed by atoms with Crippen LogP contribution in [0.2, 0.25) is 0 Å². The molecule has 0 N–H and O–H groups in total. The molecule has 0 spiro atoms. The molecular formula is C16H24O9. The lowest BCUT2D eigenvalue weighted by molar-refractivity contribution is -0.218. The smallest absolute Gasteiger partial charge is 0.332 e. The number of fused-ring (bicyclic) bond motifs is 1. The van der Waals surface area contributed by atoms with E-state index in [1.165, 1.54) is 0 Å². The third kappa shape index (κ3) is 4.97. The summed E-state index contributed by atoms with van der Waals surface area (Å²) in [5.41, 5.74) is 0. The van der Waals surface area contributed by atoms with Crippen LogP contribution in [0.1, 0.15) is 34.1 Å². The summed E-state index contributed by atoms with van der Waals surface area (Å²) in [5.74, 6) is -2.65. The van der Waals surface area contributed by atoms with E-state index in [1.807, 2.05) is 0 Å². The number of carbonyl (C=O) groups excluding carboxylic acids is 3. The maximum Gasteiger partial charge on any atom is 0.332 e. The first-order valence-electron chi connectivity index (χ1n) is 8.24. The molecule has 2 fully saturated rings. The number of rotatable bonds is 8. The van der Waals surface area contributed by atoms with Crippen LogP contribution in [-0.2, 0) is 42.8 Å². The fourth-order valence-corrected chi connectivity index (χ4v) is 2.74. The van der Waals surface area contributed by atoms with Crippen LogP contribution in [-0.4, -0.2) is 67.9 Å². The van der Waals surface area contributed by atoms with Gasteiger partial charge in [0.25, 0.3) is 0 Å². The maximum absolute atomic E-state index is 12.4. The Hall–Kier alpha value is -1.55. The average Bonchev–Trinajstić information content (AvgIpc) is 2.97. The minimum atomic E-state index is -1.09. The predicted octanol–water partition coefficient (Wildman–Crippen LogP) is 0.333. The highest BCUT2D eigenvalue weighted by molar-refractivity contribution is 5.98. The molecule has 0 amide bonds. The molecule has 0 saturated carbocycles. The Bertz CT molecular complexity index is 516. The van der Waals surface area contributed by atoms with Crippen molar-refractivity contribution >= 4 is 17.7 Å². The quantitative estimate of drug-likeness (QED) is 0.447. The summed E-state index contributed by atoms with van der Waals surface area (Å²) in [6.07, 6.45) is -3.96. The summed E-state index contributed by atoms with van der Waals surface area (Å²) >= 11 is 0. The van der Waals surface area contributed by atoms with Crippen LogP contribution < -0.4 is 0 Å². The van der Waals surface area contributed by atoms with E-state index in [4.69, 9.17) is 28.4 Å². The summed E-state index contributed by atoms with van der Waals surface area (Å²) < 4.78 is 32.0. The summed E-state index contributed by atoms with van der Waals surface area (Å²) in [5, 5.41) is 0. The topological polar surface area (TPSA) is 107 Å². The van der Waals surface area contributed by atoms with Crippen LogP contribution in [0.15, 0.2) is 0 Å². The lowest BCUT2D eigenvalue weighted by Gasteiger charge is -2.24. The highest BCUT2D eigenvalue weighted by Gasteiger charge is 2.57. The van der Waals surface area contributed by atoms with Gasteiger partial charge in [-0.2, -0.15) is 0 Å². The van der Waals surface area contributed by atoms with E-state index in [0.717, 1.165) is 0 Å². The van der Waals surface area contributed by atoms with Crippen molar-refractivity contribution in [2.75, 3.05) is 19.8 Å². The first-order chi connectivity index (χ1) is 11.8. The van der Waals surface area contributed by atoms with Crippen molar-refractivity contribution in [2.24, 2.45) is 0 Å². The molecule has 0 aromatic rings. The fraction of sp³-hybridized carbons (Fsp3) is 0.812. The van der Waals surface area contributed by atoms with E-state index < -0.39 is 54.5 Å². The van der Waals surface area contributed by atoms with Gasteiger partial charge < -0.3 is 28.4 Å². The molecule has 0 bridgehead atoms. The molecule has 0 aromatic carbocycles. The normalized spacial score (nSPS) is 29.9. The van der Waals surface area contributed by atoms with Crippen molar-refractivity contribution in [3.05, 3.63) is 0 Å². The summed E-state index contributed by atoms with van der Waals surface area (Å²) in [7, 11) is 0. The molecule has 0 radical (unpaired) electrons. The van der Waals surface area contributed by atoms with Crippen LogP contribution >= 0.6 is 0 Å². The Morgan fingerprint density at radius 1 is 1.00 bits per heavy atom. The van der Waals surface area contributed by atoms with Crippen LogP contribution in [0.25, 0.3) is 0 Å². The highest BCUT2D eigenvalue weighted by atomic mass is 16.8. The summed E-state index contributed by atoms with van der Waals surface area (Å²) in [6.45, 7) is 6.75. The van der Waals surface area contributed by atoms with Crippen molar-refractivity contribution in [3.63, 3.8) is 0 Å². The number of ketones is 1. The number of ether oxygens (including phenoxy) is 6. The van der Waals surface area contributed by atoms with Crippen LogP contribution in [0, 0.1) is 0 Å². The van der Waals surface area contributed by atoms with Gasteiger partial charge in [0.05, 0.1) is 13.2 Å². The zero-order valence-corrected chi connectivity index (χ0v) is 14.8. The lowest BCUT2D eigenvalue weighted by Crippen LogP contribution is -2.42. The molecule has 25 heavy (non-hydrogen) atoms. The second-order valence-electron chi connectivity index (χ2n) is 6.05. The first kappa shape index (κ1) is 19.8. The number of carbonyl (C=O) groups is 3. The molecule has 2 heterocycles. The molecule has 2 rings (SSSR count). The van der Waals surface area contributed by atoms with Gasteiger partial charge in [0.15, 0.2) is 17.9 Å². The SMILES string of the molecule is CCOC(=O)CO[C@H]1[C@H]2OC(C)(C)O[C@H]2O[C@H]1C(=O)CC(=O)OCC. The van der Waals surface area contributed by atoms with Crippen molar-refractivity contribution in [2.45, 2.75) is 64.5 Å². The van der Waals surface area contributed by atoms with Gasteiger partial charge >= 0.3 is 11.9 Å². The van der Waals surface area contributed by atoms with E-state index in [-0.39, 0.29) is 19.8 Å². The second kappa shape index (κ2) is 8.22. The lowest BCUT2D eigenvalue weighted by atomic mass is 10.0. The molecule has 2 saturated heterocycles. The third-order valence-electron chi connectivity index (χ3n) is 3.63. The van der Waals surface area contributed by atoms with Gasteiger partial charge in [-0.25, -0.2) is 4.79 Å². The zero-order valence-electron chi connectivity index (χ0n) is 14.8. The standard InChI is InChI=1S/C16H24O9/c1-5-20-10(18)7-9(17)12-13(22-8-11(19)21-6-2)14-15(23-12)25-16(3,4)24-14/h12-15H,5-8H2,1-4H3/t12-,13+,14+,15+/m0/s1. The van der Waals surface area contributed by atoms with Gasteiger partial charge in [-0.3, -0.25) is 9.59 Å². The molecule has 2 aliphatic rings. The summed E-state index contributed by atoms with van der Waals surface area (Å²) in [6, 6.07) is 0. The Kier molecular flexibility index (Phi) is 6.50. The Labute approximate surface area is 145 Å².